The number of amides is 2. The molecule has 0 radical (unpaired) electrons. The summed E-state index contributed by atoms with van der Waals surface area (Å²) in [5, 5.41) is 2.05. The predicted molar refractivity (Wildman–Crippen MR) is 38.2 cm³/mol. The molecule has 2 amide bonds. The Morgan fingerprint density at radius 3 is 2.40 bits per heavy atom. The summed E-state index contributed by atoms with van der Waals surface area (Å²) in [6, 6.07) is 0. The van der Waals surface area contributed by atoms with Crippen LogP contribution in [0.1, 0.15) is 6.92 Å². The Morgan fingerprint density at radius 1 is 1.40 bits per heavy atom. The Bertz CT molecular complexity index is 182. The van der Waals surface area contributed by atoms with Crippen molar-refractivity contribution in [3.8, 4) is 0 Å². The Hall–Kier alpha value is -1.38. The summed E-state index contributed by atoms with van der Waals surface area (Å²) in [7, 11) is 0. The summed E-state index contributed by atoms with van der Waals surface area (Å²) in [6.07, 6.45) is 3.86. The molecule has 10 heavy (non-hydrogen) atoms. The highest BCUT2D eigenvalue weighted by Gasteiger charge is 1.96. The van der Waals surface area contributed by atoms with Gasteiger partial charge in [-0.05, 0) is 19.1 Å². The molecule has 1 N–H and O–H groups in total. The number of hydrogen-bond donors (Lipinski definition) is 1. The van der Waals surface area contributed by atoms with Gasteiger partial charge in [0.2, 0.25) is 11.8 Å². The Morgan fingerprint density at radius 2 is 2.00 bits per heavy atom. The first-order valence-corrected chi connectivity index (χ1v) is 2.80. The first kappa shape index (κ1) is 8.62. The molecule has 0 bridgehead atoms. The van der Waals surface area contributed by atoms with Crippen molar-refractivity contribution in [2.24, 2.45) is 0 Å². The second-order valence-electron chi connectivity index (χ2n) is 1.56. The number of carbonyl (C=O) groups excluding carboxylic acids is 2. The van der Waals surface area contributed by atoms with Gasteiger partial charge in [-0.1, -0.05) is 12.7 Å². The smallest absolute Gasteiger partial charge is 0.250 e. The number of rotatable bonds is 2. The molecule has 0 saturated carbocycles. The molecule has 0 aromatic rings. The summed E-state index contributed by atoms with van der Waals surface area (Å²) in [6.45, 7) is 4.88. The van der Waals surface area contributed by atoms with E-state index in [1.807, 2.05) is 5.32 Å². The summed E-state index contributed by atoms with van der Waals surface area (Å²) in [5.74, 6) is -0.907. The molecule has 0 aromatic carbocycles. The van der Waals surface area contributed by atoms with Gasteiger partial charge in [0.25, 0.3) is 0 Å². The number of hydrogen-bond acceptors (Lipinski definition) is 2. The molecule has 0 saturated heterocycles. The summed E-state index contributed by atoms with van der Waals surface area (Å²) in [5.41, 5.74) is 0. The lowest BCUT2D eigenvalue weighted by Gasteiger charge is -1.91. The Kier molecular flexibility index (Phi) is 3.87. The number of carbonyl (C=O) groups is 2. The largest absolute Gasteiger partial charge is 0.289 e. The maximum atomic E-state index is 10.5. The van der Waals surface area contributed by atoms with Crippen molar-refractivity contribution in [2.75, 3.05) is 0 Å². The summed E-state index contributed by atoms with van der Waals surface area (Å²) < 4.78 is 0. The lowest BCUT2D eigenvalue weighted by atomic mass is 10.5. The van der Waals surface area contributed by atoms with Crippen LogP contribution in [-0.4, -0.2) is 11.8 Å². The average molecular weight is 139 g/mol. The molecule has 3 heteroatoms. The second kappa shape index (κ2) is 4.49. The van der Waals surface area contributed by atoms with Gasteiger partial charge in [0.15, 0.2) is 0 Å². The lowest BCUT2D eigenvalue weighted by molar-refractivity contribution is -0.125. The van der Waals surface area contributed by atoms with Crippen LogP contribution in [0.2, 0.25) is 0 Å². The quantitative estimate of drug-likeness (QED) is 0.562. The normalized spacial score (nSPS) is 9.30. The van der Waals surface area contributed by atoms with Gasteiger partial charge in [-0.15, -0.1) is 0 Å². The fourth-order valence-electron chi connectivity index (χ4n) is 0.365. The zero-order valence-corrected chi connectivity index (χ0v) is 5.76. The van der Waals surface area contributed by atoms with Crippen molar-refractivity contribution >= 4 is 11.8 Å². The molecule has 0 aliphatic rings. The minimum Gasteiger partial charge on any atom is -0.289 e. The highest BCUT2D eigenvalue weighted by atomic mass is 16.2. The van der Waals surface area contributed by atoms with Crippen LogP contribution in [0.15, 0.2) is 24.8 Å². The van der Waals surface area contributed by atoms with Gasteiger partial charge >= 0.3 is 0 Å². The number of imide groups is 1. The SMILES string of the molecule is C=CC(=O)NC(=O)C=CC. The molecule has 0 fully saturated rings. The van der Waals surface area contributed by atoms with Crippen LogP contribution in [0, 0.1) is 0 Å². The van der Waals surface area contributed by atoms with Crippen LogP contribution in [-0.2, 0) is 9.59 Å². The topological polar surface area (TPSA) is 46.2 Å². The van der Waals surface area contributed by atoms with E-state index in [0.717, 1.165) is 6.08 Å². The molecule has 0 aromatic heterocycles. The molecule has 0 unspecified atom stereocenters. The third kappa shape index (κ3) is 3.60. The molecular weight excluding hydrogens is 130 g/mol. The first-order valence-electron chi connectivity index (χ1n) is 2.80. The zero-order chi connectivity index (χ0) is 7.98. The van der Waals surface area contributed by atoms with Gasteiger partial charge in [-0.3, -0.25) is 14.9 Å². The maximum Gasteiger partial charge on any atom is 0.250 e. The van der Waals surface area contributed by atoms with Crippen LogP contribution in [0.3, 0.4) is 0 Å². The minimum atomic E-state index is -0.483. The zero-order valence-electron chi connectivity index (χ0n) is 5.76. The Labute approximate surface area is 59.4 Å². The summed E-state index contributed by atoms with van der Waals surface area (Å²) in [4.78, 5) is 21.0. The number of allylic oxidation sites excluding steroid dienone is 1. The lowest BCUT2D eigenvalue weighted by Crippen LogP contribution is -2.26. The molecular formula is C7H9NO2. The van der Waals surface area contributed by atoms with E-state index >= 15 is 0 Å². The molecule has 3 nitrogen and oxygen atoms in total. The standard InChI is InChI=1S/C7H9NO2/c1-3-5-7(10)8-6(9)4-2/h3-5H,2H2,1H3,(H,8,9,10). The monoisotopic (exact) mass is 139 g/mol. The van der Waals surface area contributed by atoms with Crippen LogP contribution < -0.4 is 5.32 Å². The molecule has 0 aliphatic carbocycles. The average Bonchev–Trinajstić information content (AvgIpc) is 1.88. The van der Waals surface area contributed by atoms with E-state index in [-0.39, 0.29) is 0 Å². The van der Waals surface area contributed by atoms with Crippen LogP contribution in [0.5, 0.6) is 0 Å². The minimum absolute atomic E-state index is 0.424. The molecule has 0 spiro atoms. The van der Waals surface area contributed by atoms with Crippen LogP contribution in [0.4, 0.5) is 0 Å². The number of nitrogens with one attached hydrogen (secondary N) is 1. The van der Waals surface area contributed by atoms with E-state index in [9.17, 15) is 9.59 Å². The van der Waals surface area contributed by atoms with E-state index in [0.29, 0.717) is 0 Å². The van der Waals surface area contributed by atoms with Crippen molar-refractivity contribution in [3.63, 3.8) is 0 Å². The van der Waals surface area contributed by atoms with Gasteiger partial charge < -0.3 is 0 Å². The highest BCUT2D eigenvalue weighted by molar-refractivity contribution is 6.04. The van der Waals surface area contributed by atoms with E-state index in [1.165, 1.54) is 6.08 Å². The van der Waals surface area contributed by atoms with E-state index in [1.54, 1.807) is 13.0 Å². The van der Waals surface area contributed by atoms with E-state index in [4.69, 9.17) is 0 Å². The van der Waals surface area contributed by atoms with Crippen LogP contribution >= 0.6 is 0 Å². The fraction of sp³-hybridized carbons (Fsp3) is 0.143. The molecule has 0 rings (SSSR count). The highest BCUT2D eigenvalue weighted by Crippen LogP contribution is 1.72. The molecule has 0 aliphatic heterocycles. The third-order valence-corrected chi connectivity index (χ3v) is 0.750. The van der Waals surface area contributed by atoms with E-state index in [2.05, 4.69) is 6.58 Å². The van der Waals surface area contributed by atoms with Crippen molar-refractivity contribution in [1.82, 2.24) is 5.32 Å². The summed E-state index contributed by atoms with van der Waals surface area (Å²) >= 11 is 0. The third-order valence-electron chi connectivity index (χ3n) is 0.750. The maximum absolute atomic E-state index is 10.5. The molecule has 0 atom stereocenters. The van der Waals surface area contributed by atoms with Crippen molar-refractivity contribution in [3.05, 3.63) is 24.8 Å². The first-order chi connectivity index (χ1) is 4.70. The second-order valence-corrected chi connectivity index (χ2v) is 1.56. The van der Waals surface area contributed by atoms with Gasteiger partial charge in [0, 0.05) is 0 Å². The van der Waals surface area contributed by atoms with Gasteiger partial charge in [0.1, 0.15) is 0 Å². The fourth-order valence-corrected chi connectivity index (χ4v) is 0.365. The molecule has 0 heterocycles. The van der Waals surface area contributed by atoms with Gasteiger partial charge in [-0.25, -0.2) is 0 Å². The molecule has 54 valence electrons. The predicted octanol–water partition coefficient (Wildman–Crippen LogP) is 0.391. The van der Waals surface area contributed by atoms with E-state index < -0.39 is 11.8 Å². The van der Waals surface area contributed by atoms with Crippen molar-refractivity contribution < 1.29 is 9.59 Å². The van der Waals surface area contributed by atoms with Gasteiger partial charge in [-0.2, -0.15) is 0 Å². The van der Waals surface area contributed by atoms with Gasteiger partial charge in [0.05, 0.1) is 0 Å². The van der Waals surface area contributed by atoms with Crippen LogP contribution in [0.25, 0.3) is 0 Å². The van der Waals surface area contributed by atoms with Crippen molar-refractivity contribution in [1.29, 1.82) is 0 Å². The Balaban J connectivity index is 3.79. The van der Waals surface area contributed by atoms with Crippen molar-refractivity contribution in [2.45, 2.75) is 6.92 Å².